The zero-order valence-corrected chi connectivity index (χ0v) is 37.9. The summed E-state index contributed by atoms with van der Waals surface area (Å²) < 4.78 is 8.74. The molecule has 2 aliphatic carbocycles. The molecule has 0 atom stereocenters. The van der Waals surface area contributed by atoms with Gasteiger partial charge in [-0.15, -0.1) is 0 Å². The summed E-state index contributed by atoms with van der Waals surface area (Å²) >= 11 is 0. The molecule has 3 heteroatoms. The summed E-state index contributed by atoms with van der Waals surface area (Å²) in [5.41, 5.74) is 21.3. The van der Waals surface area contributed by atoms with Crippen molar-refractivity contribution in [3.05, 3.63) is 229 Å². The summed E-state index contributed by atoms with van der Waals surface area (Å²) in [6.45, 7) is 9.58. The lowest BCUT2D eigenvalue weighted by Gasteiger charge is -2.33. The molecular weight excluding hydrogens is 813 g/mol. The average Bonchev–Trinajstić information content (AvgIpc) is 4.04. The number of benzene rings is 10. The van der Waals surface area contributed by atoms with Crippen LogP contribution in [0.25, 0.3) is 93.6 Å². The van der Waals surface area contributed by atoms with Crippen LogP contribution in [-0.2, 0) is 10.8 Å². The van der Waals surface area contributed by atoms with Crippen LogP contribution in [0.2, 0.25) is 0 Å². The van der Waals surface area contributed by atoms with Crippen molar-refractivity contribution in [3.63, 3.8) is 0 Å². The topological polar surface area (TPSA) is 21.3 Å². The lowest BCUT2D eigenvalue weighted by atomic mass is 9.80. The van der Waals surface area contributed by atoms with E-state index in [1.165, 1.54) is 93.9 Å². The Morgan fingerprint density at radius 3 is 1.88 bits per heavy atom. The first kappa shape index (κ1) is 38.2. The van der Waals surface area contributed by atoms with Gasteiger partial charge in [-0.25, -0.2) is 0 Å². The molecule has 0 spiro atoms. The second-order valence-electron chi connectivity index (χ2n) is 19.7. The monoisotopic (exact) mass is 858 g/mol. The minimum absolute atomic E-state index is 0.153. The molecule has 0 unspecified atom stereocenters. The highest BCUT2D eigenvalue weighted by atomic mass is 16.3. The van der Waals surface area contributed by atoms with E-state index in [0.29, 0.717) is 0 Å². The van der Waals surface area contributed by atoms with Crippen molar-refractivity contribution in [2.45, 2.75) is 38.5 Å². The van der Waals surface area contributed by atoms with Crippen molar-refractivity contribution in [1.82, 2.24) is 4.57 Å². The van der Waals surface area contributed by atoms with Crippen LogP contribution in [0, 0.1) is 0 Å². The number of rotatable bonds is 5. The van der Waals surface area contributed by atoms with Gasteiger partial charge in [-0.1, -0.05) is 161 Å². The molecule has 0 saturated carbocycles. The maximum atomic E-state index is 6.30. The van der Waals surface area contributed by atoms with Gasteiger partial charge in [0.2, 0.25) is 0 Å². The SMILES string of the molecule is CC1(C)c2ccccc2-c2ccc(N(c3ccc4ccccc4c3)c3cc(-c4ccc5c6ccccc6n(-c6ccc7oc8ccccc8c7c6)c5c4)cc4c3C(C)(C)c3ccccc3-4)cc21. The van der Waals surface area contributed by atoms with Crippen molar-refractivity contribution in [2.24, 2.45) is 0 Å². The summed E-state index contributed by atoms with van der Waals surface area (Å²) in [6.07, 6.45) is 0. The molecule has 318 valence electrons. The van der Waals surface area contributed by atoms with Gasteiger partial charge in [0.25, 0.3) is 0 Å². The van der Waals surface area contributed by atoms with E-state index in [9.17, 15) is 0 Å². The van der Waals surface area contributed by atoms with Gasteiger partial charge in [0, 0.05) is 49.4 Å². The molecule has 0 fully saturated rings. The predicted octanol–water partition coefficient (Wildman–Crippen LogP) is 17.6. The van der Waals surface area contributed by atoms with Crippen LogP contribution in [0.5, 0.6) is 0 Å². The molecule has 12 aromatic rings. The molecule has 10 aromatic carbocycles. The third kappa shape index (κ3) is 5.40. The first-order valence-electron chi connectivity index (χ1n) is 23.5. The van der Waals surface area contributed by atoms with E-state index in [-0.39, 0.29) is 10.8 Å². The number of anilines is 3. The van der Waals surface area contributed by atoms with Gasteiger partial charge in [0.15, 0.2) is 0 Å². The fraction of sp³-hybridized carbons (Fsp3) is 0.0938. The van der Waals surface area contributed by atoms with Crippen molar-refractivity contribution < 1.29 is 4.42 Å². The minimum Gasteiger partial charge on any atom is -0.456 e. The Labute approximate surface area is 389 Å². The Kier molecular flexibility index (Phi) is 7.80. The molecule has 0 radical (unpaired) electrons. The minimum atomic E-state index is -0.270. The van der Waals surface area contributed by atoms with Crippen molar-refractivity contribution in [3.8, 4) is 39.1 Å². The van der Waals surface area contributed by atoms with E-state index in [0.717, 1.165) is 39.0 Å². The van der Waals surface area contributed by atoms with Gasteiger partial charge in [-0.05, 0) is 139 Å². The van der Waals surface area contributed by atoms with Gasteiger partial charge in [-0.2, -0.15) is 0 Å². The molecule has 0 bridgehead atoms. The van der Waals surface area contributed by atoms with Crippen LogP contribution in [-0.4, -0.2) is 4.57 Å². The summed E-state index contributed by atoms with van der Waals surface area (Å²) in [4.78, 5) is 2.56. The summed E-state index contributed by atoms with van der Waals surface area (Å²) in [5, 5.41) is 7.15. The Hall–Kier alpha value is -8.14. The van der Waals surface area contributed by atoms with E-state index >= 15 is 0 Å². The number of hydrogen-bond donors (Lipinski definition) is 0. The zero-order valence-electron chi connectivity index (χ0n) is 37.9. The Balaban J connectivity index is 1.04. The number of nitrogens with zero attached hydrogens (tertiary/aromatic N) is 2. The van der Waals surface area contributed by atoms with Gasteiger partial charge >= 0.3 is 0 Å². The van der Waals surface area contributed by atoms with E-state index < -0.39 is 0 Å². The number of aromatic nitrogens is 1. The van der Waals surface area contributed by atoms with Crippen LogP contribution in [0.3, 0.4) is 0 Å². The molecule has 0 N–H and O–H groups in total. The molecular formula is C64H46N2O. The molecule has 14 rings (SSSR count). The highest BCUT2D eigenvalue weighted by Crippen LogP contribution is 2.57. The average molecular weight is 859 g/mol. The molecule has 0 amide bonds. The Morgan fingerprint density at radius 2 is 1.03 bits per heavy atom. The number of fused-ring (bicyclic) bond motifs is 13. The first-order valence-corrected chi connectivity index (χ1v) is 23.5. The van der Waals surface area contributed by atoms with Crippen molar-refractivity contribution in [2.75, 3.05) is 4.90 Å². The number of furan rings is 1. The third-order valence-electron chi connectivity index (χ3n) is 15.3. The number of hydrogen-bond acceptors (Lipinski definition) is 2. The lowest BCUT2D eigenvalue weighted by molar-refractivity contribution is 0.658. The molecule has 3 nitrogen and oxygen atoms in total. The smallest absolute Gasteiger partial charge is 0.135 e. The molecule has 2 aliphatic rings. The van der Waals surface area contributed by atoms with Gasteiger partial charge < -0.3 is 13.9 Å². The van der Waals surface area contributed by atoms with Gasteiger partial charge in [0.05, 0.1) is 16.7 Å². The zero-order chi connectivity index (χ0) is 44.8. The third-order valence-corrected chi connectivity index (χ3v) is 15.3. The van der Waals surface area contributed by atoms with Crippen LogP contribution in [0.4, 0.5) is 17.1 Å². The molecule has 2 heterocycles. The summed E-state index contributed by atoms with van der Waals surface area (Å²) in [5.74, 6) is 0. The highest BCUT2D eigenvalue weighted by molar-refractivity contribution is 6.12. The van der Waals surface area contributed by atoms with Crippen LogP contribution in [0.15, 0.2) is 211 Å². The van der Waals surface area contributed by atoms with E-state index in [1.54, 1.807) is 0 Å². The van der Waals surface area contributed by atoms with Crippen LogP contribution < -0.4 is 4.90 Å². The fourth-order valence-corrected chi connectivity index (χ4v) is 12.1. The second-order valence-corrected chi connectivity index (χ2v) is 19.7. The largest absolute Gasteiger partial charge is 0.456 e. The van der Waals surface area contributed by atoms with Crippen LogP contribution in [0.1, 0.15) is 49.9 Å². The molecule has 0 saturated heterocycles. The van der Waals surface area contributed by atoms with E-state index in [4.69, 9.17) is 4.42 Å². The van der Waals surface area contributed by atoms with Gasteiger partial charge in [0.1, 0.15) is 11.2 Å². The fourth-order valence-electron chi connectivity index (χ4n) is 12.1. The van der Waals surface area contributed by atoms with Gasteiger partial charge in [-0.3, -0.25) is 0 Å². The standard InChI is InChI=1S/C64H46N2O/c1-63(2)54-21-11-7-17-46(54)48-31-28-45(38-56(48)63)65(43-27-25-39-15-5-6-16-40(39)33-43)59-36-42(34-53-47-18-8-12-22-55(47)64(3,4)62(53)59)41-26-30-50-49-19-9-13-23-57(49)66(58(50)35-41)44-29-32-61-52(37-44)51-20-10-14-24-60(51)67-61/h5-38H,1-4H3. The number of para-hydroxylation sites is 2. The van der Waals surface area contributed by atoms with Crippen molar-refractivity contribution >= 4 is 71.6 Å². The van der Waals surface area contributed by atoms with E-state index in [1.807, 2.05) is 6.07 Å². The summed E-state index contributed by atoms with van der Waals surface area (Å²) in [6, 6.07) is 76.7. The molecule has 0 aliphatic heterocycles. The van der Waals surface area contributed by atoms with E-state index in [2.05, 4.69) is 237 Å². The van der Waals surface area contributed by atoms with Crippen LogP contribution >= 0.6 is 0 Å². The highest BCUT2D eigenvalue weighted by Gasteiger charge is 2.41. The molecule has 67 heavy (non-hydrogen) atoms. The van der Waals surface area contributed by atoms with Crippen molar-refractivity contribution in [1.29, 1.82) is 0 Å². The second kappa shape index (κ2) is 13.7. The Bertz CT molecular complexity index is 4060. The maximum absolute atomic E-state index is 6.30. The quantitative estimate of drug-likeness (QED) is 0.172. The predicted molar refractivity (Wildman–Crippen MR) is 281 cm³/mol. The normalized spacial score (nSPS) is 14.2. The first-order chi connectivity index (χ1) is 32.7. The lowest BCUT2D eigenvalue weighted by Crippen LogP contribution is -2.21. The Morgan fingerprint density at radius 1 is 0.388 bits per heavy atom. The molecule has 2 aromatic heterocycles. The maximum Gasteiger partial charge on any atom is 0.135 e. The summed E-state index contributed by atoms with van der Waals surface area (Å²) in [7, 11) is 0.